The van der Waals surface area contributed by atoms with Crippen LogP contribution in [0.5, 0.6) is 0 Å². The van der Waals surface area contributed by atoms with Crippen LogP contribution in [-0.2, 0) is 46.3 Å². The van der Waals surface area contributed by atoms with Gasteiger partial charge < -0.3 is 75.0 Å². The first-order chi connectivity index (χ1) is 5.46. The molecule has 0 aromatic rings. The zero-order chi connectivity index (χ0) is 11.2. The third-order valence-corrected chi connectivity index (χ3v) is 0. The Labute approximate surface area is 118 Å². The molecule has 0 aliphatic rings. The Hall–Kier alpha value is 0.908. The van der Waals surface area contributed by atoms with Crippen molar-refractivity contribution in [2.75, 3.05) is 0 Å². The van der Waals surface area contributed by atoms with E-state index in [1.54, 1.807) is 13.8 Å². The summed E-state index contributed by atoms with van der Waals surface area (Å²) in [5.74, 6) is 0. The van der Waals surface area contributed by atoms with E-state index in [1.807, 2.05) is 0 Å². The van der Waals surface area contributed by atoms with Crippen molar-refractivity contribution in [3.05, 3.63) is 13.8 Å². The van der Waals surface area contributed by atoms with E-state index in [9.17, 15) is 0 Å². The predicted octanol–water partition coefficient (Wildman–Crippen LogP) is 1.23. The zero-order valence-electron chi connectivity index (χ0n) is 7.61. The van der Waals surface area contributed by atoms with Crippen molar-refractivity contribution in [3.8, 4) is 0 Å². The van der Waals surface area contributed by atoms with Gasteiger partial charge in [-0.1, -0.05) is 8.64 Å². The first-order valence-corrected chi connectivity index (χ1v) is 4.44. The first-order valence-electron chi connectivity index (χ1n) is 2.81. The second-order valence-corrected chi connectivity index (χ2v) is 2.91. The van der Waals surface area contributed by atoms with Gasteiger partial charge in [0.15, 0.2) is 0 Å². The molecular weight excluding hydrogens is 324 g/mol. The summed E-state index contributed by atoms with van der Waals surface area (Å²) in [6, 6.07) is 0. The van der Waals surface area contributed by atoms with E-state index in [0.29, 0.717) is 0 Å². The first kappa shape index (κ1) is 29.2. The van der Waals surface area contributed by atoms with Crippen molar-refractivity contribution in [3.63, 3.8) is 0 Å². The average molecular weight is 338 g/mol. The van der Waals surface area contributed by atoms with Crippen LogP contribution in [-0.4, -0.2) is 8.64 Å². The van der Waals surface area contributed by atoms with Gasteiger partial charge in [0.25, 0.3) is 0 Å². The Morgan fingerprint density at radius 3 is 0.923 bits per heavy atom. The number of nitrogens with two attached hydrogens (primary N) is 2. The number of hydrogen-bond donors (Lipinski definition) is 2. The topological polar surface area (TPSA) is 52.0 Å². The minimum atomic E-state index is 0. The van der Waals surface area contributed by atoms with Crippen LogP contribution in [0.2, 0.25) is 0 Å². The van der Waals surface area contributed by atoms with Gasteiger partial charge in [-0.3, -0.25) is 0 Å². The molecule has 0 radical (unpaired) electrons. The Kier molecular flexibility index (Phi) is 86.2. The molecule has 0 aromatic heterocycles. The van der Waals surface area contributed by atoms with Crippen LogP contribution in [0.3, 0.4) is 0 Å². The molecule has 78 valence electrons. The molecule has 0 saturated carbocycles. The van der Waals surface area contributed by atoms with Gasteiger partial charge in [0.05, 0.1) is 0 Å². The van der Waals surface area contributed by atoms with Crippen molar-refractivity contribution < 1.29 is 21.1 Å². The maximum absolute atomic E-state index is 4.66. The minimum Gasteiger partial charge on any atom is -0.415 e. The quantitative estimate of drug-likeness (QED) is 0.300. The Morgan fingerprint density at radius 1 is 0.923 bits per heavy atom. The maximum atomic E-state index is 4.66. The average Bonchev–Trinajstić information content (AvgIpc) is 1.93. The molecule has 13 heavy (non-hydrogen) atoms. The molecular formula is C6H14MoN2S4. The molecule has 7 heteroatoms. The molecule has 0 rings (SSSR count). The van der Waals surface area contributed by atoms with Crippen LogP contribution in [0.25, 0.3) is 0 Å². The predicted molar refractivity (Wildman–Crippen MR) is 70.4 cm³/mol. The van der Waals surface area contributed by atoms with Gasteiger partial charge in [0.2, 0.25) is 0 Å². The van der Waals surface area contributed by atoms with E-state index in [0.717, 1.165) is 0 Å². The Balaban J connectivity index is -0.0000000226. The van der Waals surface area contributed by atoms with Crippen LogP contribution >= 0.6 is 24.4 Å². The number of thiocarbonyl (C=S) groups is 2. The molecule has 0 fully saturated rings. The van der Waals surface area contributed by atoms with Gasteiger partial charge in [0.1, 0.15) is 0 Å². The van der Waals surface area contributed by atoms with E-state index in [2.05, 4.69) is 75.0 Å². The van der Waals surface area contributed by atoms with Crippen LogP contribution in [0.4, 0.5) is 0 Å². The smallest absolute Gasteiger partial charge is 0.415 e. The van der Waals surface area contributed by atoms with E-state index in [1.165, 1.54) is 0 Å². The van der Waals surface area contributed by atoms with Gasteiger partial charge in [-0.25, -0.2) is 0 Å². The minimum absolute atomic E-state index is 0. The molecule has 0 spiro atoms. The van der Waals surface area contributed by atoms with Crippen LogP contribution in [0.15, 0.2) is 0 Å². The fourth-order valence-corrected chi connectivity index (χ4v) is 0. The third-order valence-electron chi connectivity index (χ3n) is 0. The third kappa shape index (κ3) is 1860. The maximum Gasteiger partial charge on any atom is 4.00 e. The van der Waals surface area contributed by atoms with E-state index >= 15 is 0 Å². The molecule has 2 nitrogen and oxygen atoms in total. The van der Waals surface area contributed by atoms with E-state index in [-0.39, 0.29) is 29.7 Å². The molecule has 0 heterocycles. The fraction of sp³-hybridized carbons (Fsp3) is 0.333. The summed E-state index contributed by atoms with van der Waals surface area (Å²) >= 11 is 16.5. The van der Waals surface area contributed by atoms with Gasteiger partial charge in [-0.05, 0) is 0 Å². The summed E-state index contributed by atoms with van der Waals surface area (Å²) in [4.78, 5) is 0. The molecule has 0 bridgehead atoms. The van der Waals surface area contributed by atoms with E-state index in [4.69, 9.17) is 0 Å². The zero-order valence-corrected chi connectivity index (χ0v) is 12.9. The van der Waals surface area contributed by atoms with Gasteiger partial charge in [-0.2, -0.15) is 13.8 Å². The van der Waals surface area contributed by atoms with Crippen molar-refractivity contribution in [2.45, 2.75) is 13.8 Å². The van der Waals surface area contributed by atoms with Crippen molar-refractivity contribution in [1.82, 2.24) is 0 Å². The van der Waals surface area contributed by atoms with Crippen molar-refractivity contribution in [1.29, 1.82) is 0 Å². The molecule has 0 aliphatic heterocycles. The van der Waals surface area contributed by atoms with Crippen molar-refractivity contribution >= 4 is 58.3 Å². The summed E-state index contributed by atoms with van der Waals surface area (Å²) < 4.78 is 0.167. The van der Waals surface area contributed by atoms with Crippen LogP contribution < -0.4 is 11.5 Å². The molecule has 0 unspecified atom stereocenters. The molecule has 0 aliphatic carbocycles. The normalized spacial score (nSPS) is 4.62. The second-order valence-electron chi connectivity index (χ2n) is 0.638. The standard InChI is InChI=1S/2C2H5.2CH3NS2.Mo/c2*1-2;2*2-1(3)4;/h2*1H2,2H3;2*(H3,2,3,4);/q2*-1;;;+4/p-2. The molecule has 0 atom stereocenters. The summed E-state index contributed by atoms with van der Waals surface area (Å²) in [6.45, 7) is 10.0. The monoisotopic (exact) mass is 340 g/mol. The summed E-state index contributed by atoms with van der Waals surface area (Å²) in [7, 11) is 0. The van der Waals surface area contributed by atoms with Crippen LogP contribution in [0, 0.1) is 13.8 Å². The molecule has 0 aromatic carbocycles. The molecule has 4 N–H and O–H groups in total. The Morgan fingerprint density at radius 2 is 0.923 bits per heavy atom. The van der Waals surface area contributed by atoms with Crippen LogP contribution in [0.1, 0.15) is 13.8 Å². The van der Waals surface area contributed by atoms with Gasteiger partial charge in [-0.15, -0.1) is 0 Å². The van der Waals surface area contributed by atoms with Gasteiger partial charge in [0, 0.05) is 0 Å². The second kappa shape index (κ2) is 38.4. The number of rotatable bonds is 0. The van der Waals surface area contributed by atoms with Crippen molar-refractivity contribution in [2.24, 2.45) is 11.5 Å². The summed E-state index contributed by atoms with van der Waals surface area (Å²) in [5.41, 5.74) is 9.31. The van der Waals surface area contributed by atoms with E-state index < -0.39 is 0 Å². The number of hydrogen-bond acceptors (Lipinski definition) is 4. The van der Waals surface area contributed by atoms with Gasteiger partial charge >= 0.3 is 21.1 Å². The summed E-state index contributed by atoms with van der Waals surface area (Å²) in [5, 5.41) is 0. The molecule has 0 amide bonds. The fourth-order valence-electron chi connectivity index (χ4n) is 0. The molecule has 0 saturated heterocycles. The largest absolute Gasteiger partial charge is 4.00 e. The Bertz CT molecular complexity index is 80.6. The summed E-state index contributed by atoms with van der Waals surface area (Å²) in [6.07, 6.45) is 0. The SMILES string of the molecule is NC(=S)[S-].NC(=S)[S-].[CH2-]C.[CH2-]C.[Mo+4].